The van der Waals surface area contributed by atoms with Crippen LogP contribution in [-0.4, -0.2) is 42.0 Å². The van der Waals surface area contributed by atoms with E-state index in [9.17, 15) is 13.2 Å². The molecule has 20 heavy (non-hydrogen) atoms. The molecule has 2 unspecified atom stereocenters. The smallest absolute Gasteiger partial charge is 0.276 e. The fourth-order valence-corrected chi connectivity index (χ4v) is 4.08. The third-order valence-corrected chi connectivity index (χ3v) is 5.03. The lowest BCUT2D eigenvalue weighted by Gasteiger charge is -2.20. The Bertz CT molecular complexity index is 626. The first-order chi connectivity index (χ1) is 9.25. The fourth-order valence-electron chi connectivity index (χ4n) is 2.73. The molecular weight excluding hydrogens is 302 g/mol. The molecule has 1 fully saturated rings. The number of likely N-dealkylation sites (tertiary alicyclic amines) is 1. The molecule has 1 saturated heterocycles. The monoisotopic (exact) mass is 319 g/mol. The summed E-state index contributed by atoms with van der Waals surface area (Å²) in [5, 5.41) is 6.48. The van der Waals surface area contributed by atoms with Gasteiger partial charge in [-0.25, -0.2) is 8.42 Å². The molecule has 1 aliphatic heterocycles. The van der Waals surface area contributed by atoms with Crippen molar-refractivity contribution in [2.45, 2.75) is 44.6 Å². The summed E-state index contributed by atoms with van der Waals surface area (Å²) < 4.78 is 23.4. The first-order valence-electron chi connectivity index (χ1n) is 6.58. The van der Waals surface area contributed by atoms with Crippen molar-refractivity contribution in [3.63, 3.8) is 0 Å². The molecule has 0 aliphatic carbocycles. The van der Waals surface area contributed by atoms with E-state index in [1.807, 2.05) is 6.92 Å². The number of amides is 1. The first kappa shape index (κ1) is 15.3. The van der Waals surface area contributed by atoms with Gasteiger partial charge in [0.1, 0.15) is 4.90 Å². The van der Waals surface area contributed by atoms with Crippen LogP contribution in [0.1, 0.15) is 43.4 Å². The molecule has 1 N–H and O–H groups in total. The average molecular weight is 320 g/mol. The highest BCUT2D eigenvalue weighted by molar-refractivity contribution is 8.13. The molecule has 0 saturated carbocycles. The number of carbonyl (C=O) groups excluding carboxylic acids is 1. The summed E-state index contributed by atoms with van der Waals surface area (Å²) in [5.41, 5.74) is 0.265. The summed E-state index contributed by atoms with van der Waals surface area (Å²) in [6, 6.07) is 0.0742. The lowest BCUT2D eigenvalue weighted by Crippen LogP contribution is -2.34. The van der Waals surface area contributed by atoms with Crippen LogP contribution in [0.2, 0.25) is 0 Å². The highest BCUT2D eigenvalue weighted by Crippen LogP contribution is 2.28. The van der Waals surface area contributed by atoms with Crippen molar-refractivity contribution in [3.8, 4) is 0 Å². The fraction of sp³-hybridized carbons (Fsp3) is 0.667. The Kier molecular flexibility index (Phi) is 4.11. The third-order valence-electron chi connectivity index (χ3n) is 3.64. The Morgan fingerprint density at radius 1 is 1.50 bits per heavy atom. The lowest BCUT2D eigenvalue weighted by molar-refractivity contribution is 0.0734. The third kappa shape index (κ3) is 2.69. The molecule has 2 heterocycles. The summed E-state index contributed by atoms with van der Waals surface area (Å²) in [6.07, 6.45) is 1.31. The Morgan fingerprint density at radius 2 is 2.15 bits per heavy atom. The van der Waals surface area contributed by atoms with Crippen LogP contribution in [0.5, 0.6) is 0 Å². The van der Waals surface area contributed by atoms with Gasteiger partial charge < -0.3 is 4.90 Å². The number of hydrogen-bond acceptors (Lipinski definition) is 4. The van der Waals surface area contributed by atoms with Gasteiger partial charge in [-0.05, 0) is 25.7 Å². The van der Waals surface area contributed by atoms with Crippen molar-refractivity contribution in [1.29, 1.82) is 0 Å². The van der Waals surface area contributed by atoms with Gasteiger partial charge in [-0.2, -0.15) is 5.10 Å². The molecular formula is C12H18ClN3O3S. The Morgan fingerprint density at radius 3 is 2.60 bits per heavy atom. The topological polar surface area (TPSA) is 83.1 Å². The molecule has 1 amide bonds. The second-order valence-electron chi connectivity index (χ2n) is 5.32. The lowest BCUT2D eigenvalue weighted by atomic mass is 10.1. The van der Waals surface area contributed by atoms with E-state index in [4.69, 9.17) is 10.7 Å². The van der Waals surface area contributed by atoms with E-state index < -0.39 is 9.05 Å². The Hall–Kier alpha value is -1.08. The van der Waals surface area contributed by atoms with E-state index >= 15 is 0 Å². The summed E-state index contributed by atoms with van der Waals surface area (Å²) >= 11 is 0. The van der Waals surface area contributed by atoms with Crippen LogP contribution in [-0.2, 0) is 15.5 Å². The summed E-state index contributed by atoms with van der Waals surface area (Å²) in [6.45, 7) is 6.39. The van der Waals surface area contributed by atoms with Crippen LogP contribution >= 0.6 is 10.7 Å². The predicted molar refractivity (Wildman–Crippen MR) is 75.3 cm³/mol. The molecule has 2 atom stereocenters. The van der Waals surface area contributed by atoms with Crippen molar-refractivity contribution in [3.05, 3.63) is 11.4 Å². The van der Waals surface area contributed by atoms with Gasteiger partial charge in [0.15, 0.2) is 5.69 Å². The number of aromatic nitrogens is 2. The molecule has 8 heteroatoms. The molecule has 6 nitrogen and oxygen atoms in total. The molecule has 0 bridgehead atoms. The molecule has 0 spiro atoms. The second-order valence-corrected chi connectivity index (χ2v) is 7.82. The van der Waals surface area contributed by atoms with Crippen molar-refractivity contribution in [2.75, 3.05) is 6.54 Å². The van der Waals surface area contributed by atoms with Crippen molar-refractivity contribution in [1.82, 2.24) is 15.1 Å². The molecule has 2 rings (SSSR count). The summed E-state index contributed by atoms with van der Waals surface area (Å²) in [4.78, 5) is 14.0. The molecule has 0 aromatic carbocycles. The maximum Gasteiger partial charge on any atom is 0.276 e. The van der Waals surface area contributed by atoms with E-state index in [1.165, 1.54) is 0 Å². The van der Waals surface area contributed by atoms with Gasteiger partial charge in [0, 0.05) is 23.3 Å². The predicted octanol–water partition coefficient (Wildman–Crippen LogP) is 1.77. The number of carbonyl (C=O) groups is 1. The number of H-pyrrole nitrogens is 1. The summed E-state index contributed by atoms with van der Waals surface area (Å²) in [5.74, 6) is 0.0200. The SMILES string of the molecule is CCc1[nH]nc(C(=O)N2CC(C)CC2C)c1S(=O)(=O)Cl. The number of nitrogens with one attached hydrogen (secondary N) is 1. The van der Waals surface area contributed by atoms with Crippen molar-refractivity contribution < 1.29 is 13.2 Å². The minimum absolute atomic E-state index is 0.0742. The van der Waals surface area contributed by atoms with Gasteiger partial charge in [-0.3, -0.25) is 9.89 Å². The van der Waals surface area contributed by atoms with Gasteiger partial charge in [-0.15, -0.1) is 0 Å². The standard InChI is InChI=1S/C12H18ClN3O3S/c1-4-9-11(20(13,18)19)10(15-14-9)12(17)16-6-7(2)5-8(16)3/h7-8H,4-6H2,1-3H3,(H,14,15). The van der Waals surface area contributed by atoms with Crippen LogP contribution < -0.4 is 0 Å². The number of rotatable bonds is 3. The van der Waals surface area contributed by atoms with Gasteiger partial charge in [0.05, 0.1) is 5.69 Å². The normalized spacial score (nSPS) is 23.3. The van der Waals surface area contributed by atoms with Gasteiger partial charge in [0.25, 0.3) is 15.0 Å². The molecule has 112 valence electrons. The van der Waals surface area contributed by atoms with Gasteiger partial charge in [0.2, 0.25) is 0 Å². The molecule has 1 aromatic heterocycles. The number of halogens is 1. The highest BCUT2D eigenvalue weighted by Gasteiger charge is 2.36. The average Bonchev–Trinajstić information content (AvgIpc) is 2.90. The van der Waals surface area contributed by atoms with Gasteiger partial charge >= 0.3 is 0 Å². The number of hydrogen-bond donors (Lipinski definition) is 1. The van der Waals surface area contributed by atoms with E-state index in [-0.39, 0.29) is 22.5 Å². The largest absolute Gasteiger partial charge is 0.334 e. The maximum absolute atomic E-state index is 12.5. The van der Waals surface area contributed by atoms with E-state index in [0.717, 1.165) is 6.42 Å². The second kappa shape index (κ2) is 5.37. The van der Waals surface area contributed by atoms with Gasteiger partial charge in [-0.1, -0.05) is 13.8 Å². The van der Waals surface area contributed by atoms with Crippen molar-refractivity contribution >= 4 is 25.6 Å². The highest BCUT2D eigenvalue weighted by atomic mass is 35.7. The van der Waals surface area contributed by atoms with Crippen LogP contribution in [0.3, 0.4) is 0 Å². The molecule has 0 radical (unpaired) electrons. The summed E-state index contributed by atoms with van der Waals surface area (Å²) in [7, 11) is 1.44. The maximum atomic E-state index is 12.5. The zero-order chi connectivity index (χ0) is 15.1. The quantitative estimate of drug-likeness (QED) is 0.861. The number of aromatic amines is 1. The number of aryl methyl sites for hydroxylation is 1. The Balaban J connectivity index is 2.44. The van der Waals surface area contributed by atoms with E-state index in [1.54, 1.807) is 11.8 Å². The van der Waals surface area contributed by atoms with Crippen LogP contribution in [0.25, 0.3) is 0 Å². The first-order valence-corrected chi connectivity index (χ1v) is 8.89. The van der Waals surface area contributed by atoms with Crippen LogP contribution in [0, 0.1) is 5.92 Å². The Labute approximate surface area is 122 Å². The zero-order valence-corrected chi connectivity index (χ0v) is 13.3. The van der Waals surface area contributed by atoms with Crippen molar-refractivity contribution in [2.24, 2.45) is 5.92 Å². The van der Waals surface area contributed by atoms with Crippen LogP contribution in [0.4, 0.5) is 0 Å². The minimum atomic E-state index is -4.01. The number of nitrogens with zero attached hydrogens (tertiary/aromatic N) is 2. The molecule has 1 aliphatic rings. The van der Waals surface area contributed by atoms with E-state index in [0.29, 0.717) is 24.6 Å². The van der Waals surface area contributed by atoms with E-state index in [2.05, 4.69) is 17.1 Å². The molecule has 1 aromatic rings. The minimum Gasteiger partial charge on any atom is -0.334 e. The zero-order valence-electron chi connectivity index (χ0n) is 11.7. The van der Waals surface area contributed by atoms with Crippen LogP contribution in [0.15, 0.2) is 4.90 Å².